The van der Waals surface area contributed by atoms with E-state index in [1.54, 1.807) is 16.7 Å². The molecule has 0 radical (unpaired) electrons. The van der Waals surface area contributed by atoms with Crippen LogP contribution in [-0.4, -0.2) is 3.21 Å². The Morgan fingerprint density at radius 2 is 1.18 bits per heavy atom. The molecular formula is C35H46Cl2Zr. The van der Waals surface area contributed by atoms with Crippen molar-refractivity contribution in [3.8, 4) is 11.1 Å². The number of rotatable bonds is 2. The molecule has 1 fully saturated rings. The molecule has 204 valence electrons. The molecule has 1 atom stereocenters. The fourth-order valence-corrected chi connectivity index (χ4v) is 17.4. The van der Waals surface area contributed by atoms with Crippen LogP contribution in [0.15, 0.2) is 56.9 Å². The van der Waals surface area contributed by atoms with Crippen LogP contribution < -0.4 is 24.8 Å². The van der Waals surface area contributed by atoms with Gasteiger partial charge in [-0.25, -0.2) is 0 Å². The molecule has 3 aliphatic carbocycles. The molecule has 3 aliphatic rings. The summed E-state index contributed by atoms with van der Waals surface area (Å²) in [6.07, 6.45) is 9.58. The first-order valence-electron chi connectivity index (χ1n) is 14.3. The zero-order valence-corrected chi connectivity index (χ0v) is 29.0. The van der Waals surface area contributed by atoms with Crippen LogP contribution in [0.1, 0.15) is 120 Å². The minimum Gasteiger partial charge on any atom is -1.00 e. The van der Waals surface area contributed by atoms with E-state index in [1.807, 2.05) is 6.49 Å². The zero-order valence-electron chi connectivity index (χ0n) is 25.0. The zero-order chi connectivity index (χ0) is 26.0. The van der Waals surface area contributed by atoms with E-state index in [2.05, 4.69) is 105 Å². The van der Waals surface area contributed by atoms with Crippen LogP contribution in [0.4, 0.5) is 0 Å². The Morgan fingerprint density at radius 1 is 0.711 bits per heavy atom. The Labute approximate surface area is 252 Å². The Morgan fingerprint density at radius 3 is 1.58 bits per heavy atom. The van der Waals surface area contributed by atoms with Gasteiger partial charge in [-0.15, -0.1) is 0 Å². The predicted octanol–water partition coefficient (Wildman–Crippen LogP) is 3.98. The van der Waals surface area contributed by atoms with Gasteiger partial charge in [0.1, 0.15) is 0 Å². The van der Waals surface area contributed by atoms with Crippen molar-refractivity contribution in [1.29, 1.82) is 0 Å². The Balaban J connectivity index is 0.00000200. The number of benzene rings is 2. The van der Waals surface area contributed by atoms with E-state index in [0.717, 1.165) is 0 Å². The minimum absolute atomic E-state index is 0. The Bertz CT molecular complexity index is 1240. The summed E-state index contributed by atoms with van der Waals surface area (Å²) in [7, 11) is 0. The molecule has 2 aromatic rings. The summed E-state index contributed by atoms with van der Waals surface area (Å²) in [5.41, 5.74) is 12.8. The number of fused-ring (bicyclic) bond motifs is 3. The van der Waals surface area contributed by atoms with Gasteiger partial charge in [-0.3, -0.25) is 0 Å². The van der Waals surface area contributed by atoms with Crippen molar-refractivity contribution in [2.45, 2.75) is 109 Å². The van der Waals surface area contributed by atoms with Gasteiger partial charge in [0, 0.05) is 0 Å². The molecule has 0 spiro atoms. The van der Waals surface area contributed by atoms with E-state index in [4.69, 9.17) is 0 Å². The van der Waals surface area contributed by atoms with E-state index in [-0.39, 0.29) is 35.6 Å². The van der Waals surface area contributed by atoms with E-state index >= 15 is 0 Å². The monoisotopic (exact) mass is 626 g/mol. The molecule has 0 heterocycles. The molecule has 1 saturated carbocycles. The van der Waals surface area contributed by atoms with Crippen LogP contribution in [0, 0.1) is 5.92 Å². The molecule has 2 aromatic carbocycles. The molecule has 38 heavy (non-hydrogen) atoms. The number of hydrogen-bond acceptors (Lipinski definition) is 0. The molecule has 0 nitrogen and oxygen atoms in total. The van der Waals surface area contributed by atoms with Crippen molar-refractivity contribution < 1.29 is 46.1 Å². The van der Waals surface area contributed by atoms with Gasteiger partial charge in [-0.2, -0.15) is 0 Å². The van der Waals surface area contributed by atoms with Crippen LogP contribution >= 0.6 is 0 Å². The molecule has 0 bridgehead atoms. The molecule has 5 rings (SSSR count). The predicted molar refractivity (Wildman–Crippen MR) is 155 cm³/mol. The maximum Gasteiger partial charge on any atom is -1.00 e. The SMILES string of the molecule is CC1=CC(C)[C]([Zr+2](=[C]2CCCCC2)[CH]2c3ccc(C(C)(C)C)cc3-c3cc(C(C)(C)C)ccc32)=C1C.[Cl-].[Cl-]. The maximum atomic E-state index is 2.57. The van der Waals surface area contributed by atoms with Crippen LogP contribution in [0.3, 0.4) is 0 Å². The molecule has 0 amide bonds. The normalized spacial score (nSPS) is 19.2. The smallest absolute Gasteiger partial charge is 1.00 e. The second kappa shape index (κ2) is 11.6. The fourth-order valence-electron chi connectivity index (χ4n) is 6.88. The van der Waals surface area contributed by atoms with Gasteiger partial charge in [0.2, 0.25) is 0 Å². The fraction of sp³-hybridized carbons (Fsp3) is 0.514. The summed E-state index contributed by atoms with van der Waals surface area (Å²) in [5, 5.41) is 0. The van der Waals surface area contributed by atoms with Gasteiger partial charge in [0.15, 0.2) is 0 Å². The van der Waals surface area contributed by atoms with Crippen molar-refractivity contribution in [3.05, 3.63) is 79.2 Å². The van der Waals surface area contributed by atoms with Gasteiger partial charge < -0.3 is 24.8 Å². The standard InChI is InChI=1S/C21H25.C8H11.C6H10.2ClH.Zr/c1-20(2,3)16-9-7-14-11-15-8-10-17(21(4,5)6)13-19(15)18(14)12-16;1-6-4-7(2)8(3)5-6;1-2-4-6-5-3-1;;;/h7-13H,1-6H3;4,6H,1-3H3;1-5H2;2*1H;/q;;;;;+2/p-2. The third kappa shape index (κ3) is 5.69. The summed E-state index contributed by atoms with van der Waals surface area (Å²) in [6, 6.07) is 15.1. The first kappa shape index (κ1) is 31.8. The third-order valence-corrected chi connectivity index (χ3v) is 18.6. The molecular weight excluding hydrogens is 583 g/mol. The van der Waals surface area contributed by atoms with Gasteiger partial charge in [-0.05, 0) is 0 Å². The third-order valence-electron chi connectivity index (χ3n) is 9.12. The summed E-state index contributed by atoms with van der Waals surface area (Å²) < 4.78 is 4.53. The van der Waals surface area contributed by atoms with Crippen molar-refractivity contribution in [1.82, 2.24) is 0 Å². The van der Waals surface area contributed by atoms with Crippen molar-refractivity contribution in [2.24, 2.45) is 5.92 Å². The summed E-state index contributed by atoms with van der Waals surface area (Å²) in [6.45, 7) is 21.4. The molecule has 0 aliphatic heterocycles. The van der Waals surface area contributed by atoms with Crippen molar-refractivity contribution in [3.63, 3.8) is 0 Å². The van der Waals surface area contributed by atoms with Crippen molar-refractivity contribution in [2.75, 3.05) is 0 Å². The van der Waals surface area contributed by atoms with E-state index in [9.17, 15) is 0 Å². The van der Waals surface area contributed by atoms with Crippen LogP contribution in [0.25, 0.3) is 11.1 Å². The van der Waals surface area contributed by atoms with Gasteiger partial charge in [0.25, 0.3) is 0 Å². The van der Waals surface area contributed by atoms with Crippen LogP contribution in [0.5, 0.6) is 0 Å². The maximum absolute atomic E-state index is 2.57. The van der Waals surface area contributed by atoms with Crippen LogP contribution in [-0.2, 0) is 32.1 Å². The quantitative estimate of drug-likeness (QED) is 0.472. The van der Waals surface area contributed by atoms with E-state index in [1.165, 1.54) is 59.9 Å². The molecule has 3 heteroatoms. The van der Waals surface area contributed by atoms with E-state index in [0.29, 0.717) is 9.54 Å². The summed E-state index contributed by atoms with van der Waals surface area (Å²) in [5.74, 6) is 0.615. The minimum atomic E-state index is -2.22. The first-order valence-corrected chi connectivity index (χ1v) is 18.2. The number of halogens is 2. The van der Waals surface area contributed by atoms with E-state index < -0.39 is 21.3 Å². The topological polar surface area (TPSA) is 0 Å². The Hall–Kier alpha value is -0.747. The average molecular weight is 629 g/mol. The first-order chi connectivity index (χ1) is 16.9. The van der Waals surface area contributed by atoms with Crippen LogP contribution in [0.2, 0.25) is 0 Å². The summed E-state index contributed by atoms with van der Waals surface area (Å²) >= 11 is -2.22. The second-order valence-corrected chi connectivity index (χ2v) is 20.3. The van der Waals surface area contributed by atoms with Gasteiger partial charge >= 0.3 is 230 Å². The summed E-state index contributed by atoms with van der Waals surface area (Å²) in [4.78, 5) is 0. The second-order valence-electron chi connectivity index (χ2n) is 13.8. The Kier molecular flexibility index (Phi) is 9.72. The largest absolute Gasteiger partial charge is 1.00 e. The molecule has 1 unspecified atom stereocenters. The molecule has 0 N–H and O–H groups in total. The average Bonchev–Trinajstić information content (AvgIpc) is 3.27. The molecule has 0 saturated heterocycles. The number of hydrogen-bond donors (Lipinski definition) is 0. The van der Waals surface area contributed by atoms with Gasteiger partial charge in [0.05, 0.1) is 0 Å². The number of allylic oxidation sites excluding steroid dienone is 4. The molecule has 0 aromatic heterocycles. The van der Waals surface area contributed by atoms with Gasteiger partial charge in [-0.1, -0.05) is 0 Å². The van der Waals surface area contributed by atoms with Crippen molar-refractivity contribution >= 4 is 3.21 Å².